The average molecular weight is 381 g/mol. The van der Waals surface area contributed by atoms with Crippen LogP contribution in [0.1, 0.15) is 28.8 Å². The first-order chi connectivity index (χ1) is 10.5. The van der Waals surface area contributed by atoms with Crippen LogP contribution in [-0.4, -0.2) is 11.7 Å². The maximum Gasteiger partial charge on any atom is 0.224 e. The number of carbonyl (C=O) groups excluding carboxylic acids is 2. The van der Waals surface area contributed by atoms with Crippen LogP contribution in [-0.2, 0) is 4.79 Å². The molecule has 0 saturated carbocycles. The predicted octanol–water partition coefficient (Wildman–Crippen LogP) is 5.01. The summed E-state index contributed by atoms with van der Waals surface area (Å²) in [7, 11) is 0. The number of amides is 1. The molecular formula is C17H15BrClNO2. The number of Topliss-reactive ketones (excluding diaryl/α,β-unsaturated/α-hetero) is 1. The lowest BCUT2D eigenvalue weighted by atomic mass is 10.1. The molecule has 2 rings (SSSR count). The van der Waals surface area contributed by atoms with Crippen molar-refractivity contribution in [2.24, 2.45) is 0 Å². The number of ketones is 1. The highest BCUT2D eigenvalue weighted by Crippen LogP contribution is 2.21. The van der Waals surface area contributed by atoms with Crippen LogP contribution < -0.4 is 5.32 Å². The molecule has 0 heterocycles. The minimum absolute atomic E-state index is 0.0723. The molecule has 1 amide bonds. The second-order valence-electron chi connectivity index (χ2n) is 4.94. The quantitative estimate of drug-likeness (QED) is 0.741. The summed E-state index contributed by atoms with van der Waals surface area (Å²) >= 11 is 9.20. The van der Waals surface area contributed by atoms with E-state index in [0.717, 1.165) is 10.0 Å². The first-order valence-electron chi connectivity index (χ1n) is 6.80. The number of carbonyl (C=O) groups is 2. The Bertz CT molecular complexity index is 698. The Kier molecular flexibility index (Phi) is 5.75. The van der Waals surface area contributed by atoms with E-state index in [4.69, 9.17) is 11.6 Å². The van der Waals surface area contributed by atoms with Crippen LogP contribution in [0.4, 0.5) is 5.69 Å². The van der Waals surface area contributed by atoms with E-state index in [0.29, 0.717) is 16.3 Å². The monoisotopic (exact) mass is 379 g/mol. The highest BCUT2D eigenvalue weighted by Gasteiger charge is 2.10. The minimum Gasteiger partial charge on any atom is -0.326 e. The Morgan fingerprint density at radius 3 is 2.41 bits per heavy atom. The Morgan fingerprint density at radius 2 is 1.77 bits per heavy atom. The second-order valence-corrected chi connectivity index (χ2v) is 6.23. The summed E-state index contributed by atoms with van der Waals surface area (Å²) in [6.07, 6.45) is 0.313. The van der Waals surface area contributed by atoms with Crippen LogP contribution in [0.25, 0.3) is 0 Å². The Balaban J connectivity index is 1.88. The van der Waals surface area contributed by atoms with Crippen molar-refractivity contribution in [2.75, 3.05) is 5.32 Å². The Morgan fingerprint density at radius 1 is 1.09 bits per heavy atom. The molecule has 1 N–H and O–H groups in total. The van der Waals surface area contributed by atoms with Gasteiger partial charge >= 0.3 is 0 Å². The van der Waals surface area contributed by atoms with E-state index in [1.165, 1.54) is 0 Å². The molecule has 2 aromatic carbocycles. The van der Waals surface area contributed by atoms with Crippen LogP contribution >= 0.6 is 27.5 Å². The molecule has 0 bridgehead atoms. The van der Waals surface area contributed by atoms with Gasteiger partial charge in [0.05, 0.1) is 0 Å². The van der Waals surface area contributed by atoms with Crippen molar-refractivity contribution in [1.82, 2.24) is 0 Å². The van der Waals surface area contributed by atoms with E-state index < -0.39 is 0 Å². The number of hydrogen-bond donors (Lipinski definition) is 1. The highest BCUT2D eigenvalue weighted by atomic mass is 79.9. The topological polar surface area (TPSA) is 46.2 Å². The van der Waals surface area contributed by atoms with E-state index >= 15 is 0 Å². The standard InChI is InChI=1S/C17H15BrClNO2/c1-11-2-7-14(10-15(11)18)20-17(22)9-8-16(21)12-3-5-13(19)6-4-12/h2-7,10H,8-9H2,1H3,(H,20,22). The molecule has 0 spiro atoms. The zero-order valence-electron chi connectivity index (χ0n) is 12.0. The third kappa shape index (κ3) is 4.68. The lowest BCUT2D eigenvalue weighted by molar-refractivity contribution is -0.116. The lowest BCUT2D eigenvalue weighted by Gasteiger charge is -2.07. The molecule has 114 valence electrons. The van der Waals surface area contributed by atoms with Crippen molar-refractivity contribution in [1.29, 1.82) is 0 Å². The number of rotatable bonds is 5. The molecule has 0 radical (unpaired) electrons. The molecule has 0 saturated heterocycles. The van der Waals surface area contributed by atoms with Gasteiger partial charge in [0.1, 0.15) is 0 Å². The van der Waals surface area contributed by atoms with Crippen LogP contribution in [0, 0.1) is 6.92 Å². The van der Waals surface area contributed by atoms with Gasteiger partial charge in [-0.3, -0.25) is 9.59 Å². The van der Waals surface area contributed by atoms with E-state index in [9.17, 15) is 9.59 Å². The number of hydrogen-bond acceptors (Lipinski definition) is 2. The van der Waals surface area contributed by atoms with E-state index in [1.807, 2.05) is 25.1 Å². The number of anilines is 1. The highest BCUT2D eigenvalue weighted by molar-refractivity contribution is 9.10. The Hall–Kier alpha value is -1.65. The fourth-order valence-electron chi connectivity index (χ4n) is 1.90. The molecule has 22 heavy (non-hydrogen) atoms. The normalized spacial score (nSPS) is 10.3. The van der Waals surface area contributed by atoms with Gasteiger partial charge in [-0.2, -0.15) is 0 Å². The Labute approximate surface area is 142 Å². The summed E-state index contributed by atoms with van der Waals surface area (Å²) in [5.41, 5.74) is 2.37. The van der Waals surface area contributed by atoms with Crippen molar-refractivity contribution in [3.05, 3.63) is 63.1 Å². The lowest BCUT2D eigenvalue weighted by Crippen LogP contribution is -2.13. The molecule has 0 unspecified atom stereocenters. The number of nitrogens with one attached hydrogen (secondary N) is 1. The SMILES string of the molecule is Cc1ccc(NC(=O)CCC(=O)c2ccc(Cl)cc2)cc1Br. The van der Waals surface area contributed by atoms with Crippen LogP contribution in [0.3, 0.4) is 0 Å². The van der Waals surface area contributed by atoms with Crippen LogP contribution in [0.5, 0.6) is 0 Å². The summed E-state index contributed by atoms with van der Waals surface area (Å²) in [4.78, 5) is 23.9. The van der Waals surface area contributed by atoms with Crippen molar-refractivity contribution in [3.8, 4) is 0 Å². The molecule has 0 aromatic heterocycles. The first kappa shape index (κ1) is 16.7. The van der Waals surface area contributed by atoms with Gasteiger partial charge in [0, 0.05) is 33.6 Å². The molecule has 0 fully saturated rings. The summed E-state index contributed by atoms with van der Waals surface area (Å²) in [6.45, 7) is 1.97. The van der Waals surface area contributed by atoms with Gasteiger partial charge < -0.3 is 5.32 Å². The fraction of sp³-hybridized carbons (Fsp3) is 0.176. The summed E-state index contributed by atoms with van der Waals surface area (Å²) in [6, 6.07) is 12.3. The third-order valence-electron chi connectivity index (χ3n) is 3.20. The molecular weight excluding hydrogens is 366 g/mol. The predicted molar refractivity (Wildman–Crippen MR) is 92.5 cm³/mol. The number of benzene rings is 2. The molecule has 5 heteroatoms. The summed E-state index contributed by atoms with van der Waals surface area (Å²) < 4.78 is 0.933. The van der Waals surface area contributed by atoms with Crippen LogP contribution in [0.15, 0.2) is 46.9 Å². The average Bonchev–Trinajstić information content (AvgIpc) is 2.49. The van der Waals surface area contributed by atoms with Crippen molar-refractivity contribution in [2.45, 2.75) is 19.8 Å². The van der Waals surface area contributed by atoms with Crippen molar-refractivity contribution < 1.29 is 9.59 Å². The second kappa shape index (κ2) is 7.56. The summed E-state index contributed by atoms with van der Waals surface area (Å²) in [5, 5.41) is 3.37. The van der Waals surface area contributed by atoms with Gasteiger partial charge in [-0.25, -0.2) is 0 Å². The minimum atomic E-state index is -0.182. The molecule has 3 nitrogen and oxygen atoms in total. The maximum absolute atomic E-state index is 12.0. The maximum atomic E-state index is 12.0. The fourth-order valence-corrected chi connectivity index (χ4v) is 2.41. The molecule has 0 atom stereocenters. The van der Waals surface area contributed by atoms with Crippen molar-refractivity contribution >= 4 is 44.9 Å². The van der Waals surface area contributed by atoms with E-state index in [2.05, 4.69) is 21.2 Å². The smallest absolute Gasteiger partial charge is 0.224 e. The van der Waals surface area contributed by atoms with Gasteiger partial charge in [0.15, 0.2) is 5.78 Å². The third-order valence-corrected chi connectivity index (χ3v) is 4.31. The first-order valence-corrected chi connectivity index (χ1v) is 7.97. The number of aryl methyl sites for hydroxylation is 1. The molecule has 0 aliphatic rings. The van der Waals surface area contributed by atoms with Gasteiger partial charge in [0.25, 0.3) is 0 Å². The van der Waals surface area contributed by atoms with Gasteiger partial charge in [0.2, 0.25) is 5.91 Å². The number of halogens is 2. The van der Waals surface area contributed by atoms with E-state index in [1.54, 1.807) is 24.3 Å². The zero-order valence-corrected chi connectivity index (χ0v) is 14.4. The zero-order chi connectivity index (χ0) is 16.1. The van der Waals surface area contributed by atoms with E-state index in [-0.39, 0.29) is 24.5 Å². The molecule has 2 aromatic rings. The van der Waals surface area contributed by atoms with Gasteiger partial charge in [-0.05, 0) is 48.9 Å². The van der Waals surface area contributed by atoms with Gasteiger partial charge in [-0.1, -0.05) is 33.6 Å². The molecule has 0 aliphatic heterocycles. The van der Waals surface area contributed by atoms with Gasteiger partial charge in [-0.15, -0.1) is 0 Å². The summed E-state index contributed by atoms with van der Waals surface area (Å²) in [5.74, 6) is -0.255. The van der Waals surface area contributed by atoms with Crippen molar-refractivity contribution in [3.63, 3.8) is 0 Å². The molecule has 0 aliphatic carbocycles. The van der Waals surface area contributed by atoms with Crippen LogP contribution in [0.2, 0.25) is 5.02 Å². The largest absolute Gasteiger partial charge is 0.326 e.